The first-order valence-electron chi connectivity index (χ1n) is 9.24. The number of carbonyl (C=O) groups is 1. The van der Waals surface area contributed by atoms with Gasteiger partial charge >= 0.3 is 0 Å². The van der Waals surface area contributed by atoms with E-state index < -0.39 is 0 Å². The number of hydrogen-bond donors (Lipinski definition) is 1. The second kappa shape index (κ2) is 8.39. The van der Waals surface area contributed by atoms with Crippen molar-refractivity contribution in [1.29, 1.82) is 0 Å². The zero-order chi connectivity index (χ0) is 19.4. The van der Waals surface area contributed by atoms with E-state index in [-0.39, 0.29) is 5.91 Å². The van der Waals surface area contributed by atoms with Crippen molar-refractivity contribution in [2.75, 3.05) is 23.3 Å². The molecule has 0 fully saturated rings. The fourth-order valence-corrected chi connectivity index (χ4v) is 3.94. The predicted octanol–water partition coefficient (Wildman–Crippen LogP) is 4.71. The number of aromatic nitrogens is 2. The Bertz CT molecular complexity index is 907. The molecule has 0 unspecified atom stereocenters. The standard InChI is InChI=1S/C21H26N4OS/c1-5-24(6-2)21-23-18(14-27-21)13-25-12-16(4)11-19(25)20(26)22-17-9-7-15(3)8-10-17/h7-12,14H,5-6,13H2,1-4H3,(H,22,26). The smallest absolute Gasteiger partial charge is 0.272 e. The molecule has 2 aromatic heterocycles. The lowest BCUT2D eigenvalue weighted by Gasteiger charge is -2.16. The van der Waals surface area contributed by atoms with Crippen molar-refractivity contribution < 1.29 is 4.79 Å². The molecule has 0 aliphatic rings. The fourth-order valence-electron chi connectivity index (χ4n) is 2.99. The van der Waals surface area contributed by atoms with Gasteiger partial charge in [-0.3, -0.25) is 4.79 Å². The number of nitrogens with one attached hydrogen (secondary N) is 1. The molecule has 3 aromatic rings. The van der Waals surface area contributed by atoms with E-state index in [9.17, 15) is 4.79 Å². The van der Waals surface area contributed by atoms with Gasteiger partial charge in [0.05, 0.1) is 12.2 Å². The summed E-state index contributed by atoms with van der Waals surface area (Å²) >= 11 is 1.65. The molecule has 0 aliphatic carbocycles. The van der Waals surface area contributed by atoms with Crippen molar-refractivity contribution >= 4 is 28.1 Å². The largest absolute Gasteiger partial charge is 0.349 e. The Labute approximate surface area is 164 Å². The van der Waals surface area contributed by atoms with E-state index >= 15 is 0 Å². The van der Waals surface area contributed by atoms with Crippen LogP contribution in [0.1, 0.15) is 41.2 Å². The fraction of sp³-hybridized carbons (Fsp3) is 0.333. The van der Waals surface area contributed by atoms with Gasteiger partial charge in [0.2, 0.25) is 0 Å². The van der Waals surface area contributed by atoms with Crippen molar-refractivity contribution in [1.82, 2.24) is 9.55 Å². The number of nitrogens with zero attached hydrogens (tertiary/aromatic N) is 3. The molecule has 3 rings (SSSR count). The molecular weight excluding hydrogens is 356 g/mol. The molecule has 6 heteroatoms. The number of hydrogen-bond acceptors (Lipinski definition) is 4. The maximum atomic E-state index is 12.8. The van der Waals surface area contributed by atoms with Crippen LogP contribution in [0.25, 0.3) is 0 Å². The average molecular weight is 383 g/mol. The molecule has 0 spiro atoms. The Balaban J connectivity index is 1.77. The van der Waals surface area contributed by atoms with Gasteiger partial charge in [-0.15, -0.1) is 11.3 Å². The summed E-state index contributed by atoms with van der Waals surface area (Å²) in [4.78, 5) is 19.8. The first-order valence-corrected chi connectivity index (χ1v) is 10.1. The summed E-state index contributed by atoms with van der Waals surface area (Å²) < 4.78 is 1.97. The van der Waals surface area contributed by atoms with Crippen molar-refractivity contribution in [3.8, 4) is 0 Å². The molecule has 142 valence electrons. The number of rotatable bonds is 7. The molecule has 0 bridgehead atoms. The SMILES string of the molecule is CCN(CC)c1nc(Cn2cc(C)cc2C(=O)Nc2ccc(C)cc2)cs1. The van der Waals surface area contributed by atoms with Gasteiger partial charge in [-0.2, -0.15) is 0 Å². The molecule has 1 aromatic carbocycles. The number of aryl methyl sites for hydroxylation is 2. The van der Waals surface area contributed by atoms with Crippen LogP contribution in [0, 0.1) is 13.8 Å². The number of thiazole rings is 1. The summed E-state index contributed by atoms with van der Waals surface area (Å²) in [5.74, 6) is -0.105. The third-order valence-corrected chi connectivity index (χ3v) is 5.43. The van der Waals surface area contributed by atoms with Gasteiger partial charge in [0.15, 0.2) is 5.13 Å². The Hall–Kier alpha value is -2.60. The molecule has 5 nitrogen and oxygen atoms in total. The highest BCUT2D eigenvalue weighted by Gasteiger charge is 2.15. The van der Waals surface area contributed by atoms with E-state index in [2.05, 4.69) is 29.4 Å². The van der Waals surface area contributed by atoms with Gasteiger partial charge in [-0.25, -0.2) is 4.98 Å². The van der Waals surface area contributed by atoms with Crippen LogP contribution in [0.3, 0.4) is 0 Å². The van der Waals surface area contributed by atoms with Crippen molar-refractivity contribution in [2.45, 2.75) is 34.2 Å². The minimum absolute atomic E-state index is 0.105. The van der Waals surface area contributed by atoms with Crippen LogP contribution in [0.15, 0.2) is 41.9 Å². The van der Waals surface area contributed by atoms with E-state index in [0.717, 1.165) is 35.2 Å². The second-order valence-corrected chi connectivity index (χ2v) is 7.48. The van der Waals surface area contributed by atoms with Crippen LogP contribution in [0.2, 0.25) is 0 Å². The number of anilines is 2. The first-order chi connectivity index (χ1) is 13.0. The first kappa shape index (κ1) is 19.2. The molecule has 1 amide bonds. The minimum Gasteiger partial charge on any atom is -0.349 e. The number of benzene rings is 1. The van der Waals surface area contributed by atoms with E-state index in [1.807, 2.05) is 54.9 Å². The maximum absolute atomic E-state index is 12.8. The quantitative estimate of drug-likeness (QED) is 0.644. The van der Waals surface area contributed by atoms with Gasteiger partial charge < -0.3 is 14.8 Å². The van der Waals surface area contributed by atoms with Gasteiger partial charge in [0.1, 0.15) is 5.69 Å². The lowest BCUT2D eigenvalue weighted by atomic mass is 10.2. The molecular formula is C21H26N4OS. The molecule has 0 atom stereocenters. The molecule has 0 radical (unpaired) electrons. The highest BCUT2D eigenvalue weighted by Crippen LogP contribution is 2.22. The van der Waals surface area contributed by atoms with Crippen molar-refractivity contribution in [3.63, 3.8) is 0 Å². The van der Waals surface area contributed by atoms with Gasteiger partial charge in [-0.1, -0.05) is 17.7 Å². The number of amides is 1. The highest BCUT2D eigenvalue weighted by atomic mass is 32.1. The summed E-state index contributed by atoms with van der Waals surface area (Å²) in [7, 11) is 0. The Morgan fingerprint density at radius 2 is 1.85 bits per heavy atom. The Morgan fingerprint density at radius 3 is 2.52 bits per heavy atom. The molecule has 0 saturated carbocycles. The zero-order valence-electron chi connectivity index (χ0n) is 16.3. The van der Waals surface area contributed by atoms with Crippen LogP contribution < -0.4 is 10.2 Å². The summed E-state index contributed by atoms with van der Waals surface area (Å²) in [6, 6.07) is 9.74. The van der Waals surface area contributed by atoms with Crippen molar-refractivity contribution in [3.05, 3.63) is 64.4 Å². The molecule has 27 heavy (non-hydrogen) atoms. The summed E-state index contributed by atoms with van der Waals surface area (Å²) in [6.07, 6.45) is 2.00. The van der Waals surface area contributed by atoms with Gasteiger partial charge in [0, 0.05) is 30.4 Å². The lowest BCUT2D eigenvalue weighted by molar-refractivity contribution is 0.101. The lowest BCUT2D eigenvalue weighted by Crippen LogP contribution is -2.21. The van der Waals surface area contributed by atoms with Crippen LogP contribution in [-0.4, -0.2) is 28.5 Å². The summed E-state index contributed by atoms with van der Waals surface area (Å²) in [6.45, 7) is 10.8. The molecule has 0 saturated heterocycles. The Morgan fingerprint density at radius 1 is 1.15 bits per heavy atom. The predicted molar refractivity (Wildman–Crippen MR) is 113 cm³/mol. The number of carbonyl (C=O) groups excluding carboxylic acids is 1. The van der Waals surface area contributed by atoms with Crippen LogP contribution in [0.5, 0.6) is 0 Å². The average Bonchev–Trinajstić information content (AvgIpc) is 3.25. The monoisotopic (exact) mass is 382 g/mol. The third kappa shape index (κ3) is 4.57. The van der Waals surface area contributed by atoms with Crippen LogP contribution >= 0.6 is 11.3 Å². The van der Waals surface area contributed by atoms with E-state index in [4.69, 9.17) is 4.98 Å². The minimum atomic E-state index is -0.105. The summed E-state index contributed by atoms with van der Waals surface area (Å²) in [5.41, 5.74) is 4.64. The van der Waals surface area contributed by atoms with Crippen LogP contribution in [0.4, 0.5) is 10.8 Å². The molecule has 0 aliphatic heterocycles. The van der Waals surface area contributed by atoms with Crippen LogP contribution in [-0.2, 0) is 6.54 Å². The second-order valence-electron chi connectivity index (χ2n) is 6.64. The normalized spacial score (nSPS) is 10.8. The summed E-state index contributed by atoms with van der Waals surface area (Å²) in [5, 5.41) is 6.09. The zero-order valence-corrected chi connectivity index (χ0v) is 17.1. The van der Waals surface area contributed by atoms with E-state index in [0.29, 0.717) is 12.2 Å². The highest BCUT2D eigenvalue weighted by molar-refractivity contribution is 7.13. The molecule has 1 N–H and O–H groups in total. The van der Waals surface area contributed by atoms with E-state index in [1.165, 1.54) is 5.56 Å². The Kier molecular flexibility index (Phi) is 5.96. The van der Waals surface area contributed by atoms with E-state index in [1.54, 1.807) is 11.3 Å². The van der Waals surface area contributed by atoms with Gasteiger partial charge in [0.25, 0.3) is 5.91 Å². The molecule has 2 heterocycles. The van der Waals surface area contributed by atoms with Crippen molar-refractivity contribution in [2.24, 2.45) is 0 Å². The maximum Gasteiger partial charge on any atom is 0.272 e. The van der Waals surface area contributed by atoms with Gasteiger partial charge in [-0.05, 0) is 51.5 Å². The third-order valence-electron chi connectivity index (χ3n) is 4.48. The topological polar surface area (TPSA) is 50.2 Å².